The van der Waals surface area contributed by atoms with Gasteiger partial charge < -0.3 is 4.90 Å². The lowest BCUT2D eigenvalue weighted by Crippen LogP contribution is -2.41. The Morgan fingerprint density at radius 3 is 2.03 bits per heavy atom. The maximum Gasteiger partial charge on any atom is 0.417 e. The highest BCUT2D eigenvalue weighted by molar-refractivity contribution is 7.92. The molecule has 32 heavy (non-hydrogen) atoms. The fraction of sp³-hybridized carbons (Fsp3) is 0.136. The molecule has 0 radical (unpaired) electrons. The summed E-state index contributed by atoms with van der Waals surface area (Å²) in [5, 5.41) is -0.578. The number of alkyl halides is 3. The van der Waals surface area contributed by atoms with Gasteiger partial charge in [-0.25, -0.2) is 8.42 Å². The summed E-state index contributed by atoms with van der Waals surface area (Å²) < 4.78 is 67.5. The minimum Gasteiger partial charge on any atom is -0.314 e. The monoisotopic (exact) mass is 482 g/mol. The third kappa shape index (κ3) is 5.05. The fourth-order valence-corrected chi connectivity index (χ4v) is 4.60. The molecule has 0 bridgehead atoms. The van der Waals surface area contributed by atoms with Crippen LogP contribution in [0.1, 0.15) is 5.56 Å². The van der Waals surface area contributed by atoms with Gasteiger partial charge in [0.25, 0.3) is 10.0 Å². The molecule has 0 saturated heterocycles. The van der Waals surface area contributed by atoms with Crippen molar-refractivity contribution in [1.82, 2.24) is 0 Å². The number of nitrogens with zero attached hydrogens (tertiary/aromatic N) is 2. The Balaban J connectivity index is 2.08. The van der Waals surface area contributed by atoms with Crippen LogP contribution >= 0.6 is 11.6 Å². The minimum absolute atomic E-state index is 0.168. The van der Waals surface area contributed by atoms with Crippen molar-refractivity contribution >= 4 is 38.9 Å². The first-order valence-electron chi connectivity index (χ1n) is 9.28. The van der Waals surface area contributed by atoms with E-state index in [1.54, 1.807) is 36.4 Å². The number of carbonyl (C=O) groups excluding carboxylic acids is 1. The Labute approximate surface area is 188 Å². The summed E-state index contributed by atoms with van der Waals surface area (Å²) in [4.78, 5) is 14.0. The van der Waals surface area contributed by atoms with E-state index in [4.69, 9.17) is 11.6 Å². The topological polar surface area (TPSA) is 57.7 Å². The molecule has 5 nitrogen and oxygen atoms in total. The summed E-state index contributed by atoms with van der Waals surface area (Å²) in [5.41, 5.74) is -1.03. The number of hydrogen-bond acceptors (Lipinski definition) is 3. The number of benzene rings is 3. The Morgan fingerprint density at radius 1 is 0.906 bits per heavy atom. The van der Waals surface area contributed by atoms with Crippen LogP contribution in [0.5, 0.6) is 0 Å². The Bertz CT molecular complexity index is 1200. The van der Waals surface area contributed by atoms with E-state index < -0.39 is 39.2 Å². The zero-order valence-electron chi connectivity index (χ0n) is 16.8. The SMILES string of the molecule is CN(C(=O)CN(c1ccc(Cl)c(C(F)(F)F)c1)S(=O)(=O)c1ccccc1)c1ccccc1. The smallest absolute Gasteiger partial charge is 0.314 e. The number of amides is 1. The van der Waals surface area contributed by atoms with Crippen LogP contribution in [0.3, 0.4) is 0 Å². The lowest BCUT2D eigenvalue weighted by molar-refractivity contribution is -0.137. The van der Waals surface area contributed by atoms with Gasteiger partial charge in [-0.1, -0.05) is 48.0 Å². The van der Waals surface area contributed by atoms with Crippen LogP contribution in [-0.4, -0.2) is 27.9 Å². The summed E-state index contributed by atoms with van der Waals surface area (Å²) in [6.45, 7) is -0.721. The zero-order chi connectivity index (χ0) is 23.5. The van der Waals surface area contributed by atoms with Gasteiger partial charge in [0.05, 0.1) is 21.2 Å². The first-order valence-corrected chi connectivity index (χ1v) is 11.1. The largest absolute Gasteiger partial charge is 0.417 e. The van der Waals surface area contributed by atoms with Gasteiger partial charge in [-0.05, 0) is 42.5 Å². The highest BCUT2D eigenvalue weighted by Crippen LogP contribution is 2.38. The third-order valence-corrected chi connectivity index (χ3v) is 6.79. The van der Waals surface area contributed by atoms with E-state index in [2.05, 4.69) is 0 Å². The quantitative estimate of drug-likeness (QED) is 0.484. The zero-order valence-corrected chi connectivity index (χ0v) is 18.3. The van der Waals surface area contributed by atoms with Gasteiger partial charge in [0.1, 0.15) is 6.54 Å². The van der Waals surface area contributed by atoms with E-state index in [0.717, 1.165) is 12.1 Å². The molecule has 0 spiro atoms. The van der Waals surface area contributed by atoms with Crippen molar-refractivity contribution in [3.8, 4) is 0 Å². The number of para-hydroxylation sites is 1. The number of halogens is 4. The van der Waals surface area contributed by atoms with Crippen molar-refractivity contribution in [3.63, 3.8) is 0 Å². The molecule has 168 valence electrons. The highest BCUT2D eigenvalue weighted by atomic mass is 35.5. The Kier molecular flexibility index (Phi) is 6.80. The molecule has 3 aromatic rings. The highest BCUT2D eigenvalue weighted by Gasteiger charge is 2.35. The van der Waals surface area contributed by atoms with E-state index in [-0.39, 0.29) is 10.6 Å². The molecule has 0 N–H and O–H groups in total. The van der Waals surface area contributed by atoms with Crippen LogP contribution in [0.4, 0.5) is 24.5 Å². The molecule has 1 amide bonds. The van der Waals surface area contributed by atoms with Gasteiger partial charge in [0.2, 0.25) is 5.91 Å². The van der Waals surface area contributed by atoms with Crippen LogP contribution < -0.4 is 9.21 Å². The van der Waals surface area contributed by atoms with Gasteiger partial charge >= 0.3 is 6.18 Å². The average Bonchev–Trinajstić information content (AvgIpc) is 2.77. The molecule has 0 saturated carbocycles. The Hall–Kier alpha value is -3.04. The minimum atomic E-state index is -4.81. The summed E-state index contributed by atoms with van der Waals surface area (Å²) >= 11 is 5.69. The van der Waals surface area contributed by atoms with Gasteiger partial charge in [0.15, 0.2) is 0 Å². The summed E-state index contributed by atoms with van der Waals surface area (Å²) in [6, 6.07) is 18.3. The van der Waals surface area contributed by atoms with Crippen LogP contribution in [0.2, 0.25) is 5.02 Å². The van der Waals surface area contributed by atoms with E-state index in [0.29, 0.717) is 16.1 Å². The van der Waals surface area contributed by atoms with Crippen molar-refractivity contribution in [3.05, 3.63) is 89.4 Å². The second-order valence-corrected chi connectivity index (χ2v) is 9.04. The summed E-state index contributed by atoms with van der Waals surface area (Å²) in [7, 11) is -2.91. The predicted molar refractivity (Wildman–Crippen MR) is 117 cm³/mol. The van der Waals surface area contributed by atoms with E-state index in [1.807, 2.05) is 0 Å². The lowest BCUT2D eigenvalue weighted by atomic mass is 10.2. The fourth-order valence-electron chi connectivity index (χ4n) is 2.94. The summed E-state index contributed by atoms with van der Waals surface area (Å²) in [5.74, 6) is -0.640. The van der Waals surface area contributed by atoms with Crippen LogP contribution in [-0.2, 0) is 21.0 Å². The first kappa shape index (κ1) is 23.6. The van der Waals surface area contributed by atoms with Crippen molar-refractivity contribution in [1.29, 1.82) is 0 Å². The number of likely N-dealkylation sites (N-methyl/N-ethyl adjacent to an activating group) is 1. The second kappa shape index (κ2) is 9.22. The standard InChI is InChI=1S/C22H18ClF3N2O3S/c1-27(16-8-4-2-5-9-16)21(29)15-28(32(30,31)18-10-6-3-7-11-18)17-12-13-20(23)19(14-17)22(24,25)26/h2-14H,15H2,1H3. The molecule has 0 atom stereocenters. The lowest BCUT2D eigenvalue weighted by Gasteiger charge is -2.27. The molecule has 3 aromatic carbocycles. The molecule has 3 rings (SSSR count). The van der Waals surface area contributed by atoms with E-state index in [9.17, 15) is 26.4 Å². The summed E-state index contributed by atoms with van der Waals surface area (Å²) in [6.07, 6.45) is -4.81. The predicted octanol–water partition coefficient (Wildman–Crippen LogP) is 5.22. The van der Waals surface area contributed by atoms with Gasteiger partial charge in [-0.15, -0.1) is 0 Å². The van der Waals surface area contributed by atoms with Gasteiger partial charge in [-0.3, -0.25) is 9.10 Å². The molecular weight excluding hydrogens is 465 g/mol. The molecule has 0 aliphatic heterocycles. The first-order chi connectivity index (χ1) is 15.0. The number of sulfonamides is 1. The van der Waals surface area contributed by atoms with E-state index in [1.165, 1.54) is 36.2 Å². The van der Waals surface area contributed by atoms with Gasteiger partial charge in [0, 0.05) is 12.7 Å². The number of rotatable bonds is 6. The number of anilines is 2. The van der Waals surface area contributed by atoms with Crippen molar-refractivity contribution in [2.45, 2.75) is 11.1 Å². The normalized spacial score (nSPS) is 11.8. The molecule has 0 aliphatic rings. The van der Waals surface area contributed by atoms with Crippen molar-refractivity contribution in [2.75, 3.05) is 22.8 Å². The molecule has 0 heterocycles. The van der Waals surface area contributed by atoms with Gasteiger partial charge in [-0.2, -0.15) is 13.2 Å². The van der Waals surface area contributed by atoms with Crippen LogP contribution in [0.15, 0.2) is 83.8 Å². The van der Waals surface area contributed by atoms with Crippen LogP contribution in [0, 0.1) is 0 Å². The van der Waals surface area contributed by atoms with Crippen molar-refractivity contribution in [2.24, 2.45) is 0 Å². The van der Waals surface area contributed by atoms with Crippen LogP contribution in [0.25, 0.3) is 0 Å². The Morgan fingerprint density at radius 2 is 1.47 bits per heavy atom. The maximum absolute atomic E-state index is 13.4. The second-order valence-electron chi connectivity index (χ2n) is 6.77. The molecule has 0 fully saturated rings. The number of hydrogen-bond donors (Lipinski definition) is 0. The number of carbonyl (C=O) groups is 1. The van der Waals surface area contributed by atoms with E-state index >= 15 is 0 Å². The molecule has 10 heteroatoms. The molecule has 0 aromatic heterocycles. The third-order valence-electron chi connectivity index (χ3n) is 4.67. The average molecular weight is 483 g/mol. The molecule has 0 unspecified atom stereocenters. The molecule has 0 aliphatic carbocycles. The molecular formula is C22H18ClF3N2O3S. The maximum atomic E-state index is 13.4. The van der Waals surface area contributed by atoms with Crippen molar-refractivity contribution < 1.29 is 26.4 Å².